The van der Waals surface area contributed by atoms with Gasteiger partial charge < -0.3 is 16.0 Å². The maximum absolute atomic E-state index is 12.3. The Morgan fingerprint density at radius 1 is 1.06 bits per heavy atom. The first-order valence-electron chi connectivity index (χ1n) is 7.01. The molecule has 2 aliphatic rings. The van der Waals surface area contributed by atoms with Gasteiger partial charge in [0, 0.05) is 13.1 Å². The molecule has 102 valence electrons. The van der Waals surface area contributed by atoms with Crippen molar-refractivity contribution in [1.82, 2.24) is 10.2 Å². The van der Waals surface area contributed by atoms with Crippen molar-refractivity contribution in [1.29, 1.82) is 0 Å². The van der Waals surface area contributed by atoms with Crippen molar-refractivity contribution in [3.63, 3.8) is 0 Å². The summed E-state index contributed by atoms with van der Waals surface area (Å²) in [4.78, 5) is 14.6. The van der Waals surface area contributed by atoms with Crippen LogP contribution in [0.3, 0.4) is 0 Å². The lowest BCUT2D eigenvalue weighted by molar-refractivity contribution is 0.173. The smallest absolute Gasteiger partial charge is 0.318 e. The lowest BCUT2D eigenvalue weighted by Gasteiger charge is -2.39. The third-order valence-electron chi connectivity index (χ3n) is 4.17. The standard InChI is InChI=1S/C13H23N3OS/c14-11(18)13(7-3-1-4-8-13)15-12(17)16-9-5-2-6-10-16/h1-10H2,(H2,14,18)(H,15,17). The van der Waals surface area contributed by atoms with E-state index in [2.05, 4.69) is 5.32 Å². The zero-order valence-electron chi connectivity index (χ0n) is 10.9. The fraction of sp³-hybridized carbons (Fsp3) is 0.846. The molecule has 1 saturated heterocycles. The molecule has 0 aromatic rings. The molecule has 3 N–H and O–H groups in total. The number of hydrogen-bond donors (Lipinski definition) is 2. The molecule has 0 bridgehead atoms. The molecule has 4 nitrogen and oxygen atoms in total. The Morgan fingerprint density at radius 3 is 2.17 bits per heavy atom. The monoisotopic (exact) mass is 269 g/mol. The van der Waals surface area contributed by atoms with Crippen LogP contribution < -0.4 is 11.1 Å². The molecule has 1 aliphatic heterocycles. The van der Waals surface area contributed by atoms with Crippen LogP contribution in [-0.2, 0) is 0 Å². The number of thiocarbonyl (C=S) groups is 1. The Morgan fingerprint density at radius 2 is 1.61 bits per heavy atom. The molecular formula is C13H23N3OS. The second kappa shape index (κ2) is 5.87. The molecule has 18 heavy (non-hydrogen) atoms. The highest BCUT2D eigenvalue weighted by molar-refractivity contribution is 7.80. The van der Waals surface area contributed by atoms with Gasteiger partial charge in [0.2, 0.25) is 0 Å². The van der Waals surface area contributed by atoms with E-state index in [-0.39, 0.29) is 6.03 Å². The molecule has 0 aromatic heterocycles. The minimum Gasteiger partial charge on any atom is -0.391 e. The Balaban J connectivity index is 1.99. The van der Waals surface area contributed by atoms with Crippen LogP contribution >= 0.6 is 12.2 Å². The number of rotatable bonds is 2. The fourth-order valence-electron chi connectivity index (χ4n) is 2.97. The number of piperidine rings is 1. The molecule has 0 atom stereocenters. The van der Waals surface area contributed by atoms with Crippen LogP contribution in [0.5, 0.6) is 0 Å². The van der Waals surface area contributed by atoms with Crippen LogP contribution in [0.25, 0.3) is 0 Å². The molecule has 0 spiro atoms. The molecule has 2 rings (SSSR count). The molecular weight excluding hydrogens is 246 g/mol. The van der Waals surface area contributed by atoms with E-state index in [9.17, 15) is 4.79 Å². The number of urea groups is 1. The van der Waals surface area contributed by atoms with Crippen molar-refractivity contribution in [2.45, 2.75) is 56.9 Å². The molecule has 2 amide bonds. The van der Waals surface area contributed by atoms with Crippen LogP contribution in [0, 0.1) is 0 Å². The second-order valence-corrected chi connectivity index (χ2v) is 5.92. The van der Waals surface area contributed by atoms with Crippen LogP contribution in [0.2, 0.25) is 0 Å². The number of likely N-dealkylation sites (tertiary alicyclic amines) is 1. The van der Waals surface area contributed by atoms with Crippen molar-refractivity contribution in [3.8, 4) is 0 Å². The predicted octanol–water partition coefficient (Wildman–Crippen LogP) is 2.17. The number of amides is 2. The number of carbonyl (C=O) groups excluding carboxylic acids is 1. The number of hydrogen-bond acceptors (Lipinski definition) is 2. The third-order valence-corrected chi connectivity index (χ3v) is 4.56. The minimum atomic E-state index is -0.428. The van der Waals surface area contributed by atoms with Crippen molar-refractivity contribution >= 4 is 23.2 Å². The Kier molecular flexibility index (Phi) is 4.43. The van der Waals surface area contributed by atoms with E-state index in [4.69, 9.17) is 18.0 Å². The highest BCUT2D eigenvalue weighted by Gasteiger charge is 2.37. The lowest BCUT2D eigenvalue weighted by atomic mass is 9.81. The van der Waals surface area contributed by atoms with Gasteiger partial charge in [0.15, 0.2) is 0 Å². The lowest BCUT2D eigenvalue weighted by Crippen LogP contribution is -2.60. The van der Waals surface area contributed by atoms with Gasteiger partial charge in [-0.05, 0) is 32.1 Å². The molecule has 0 aromatic carbocycles. The Hall–Kier alpha value is -0.840. The van der Waals surface area contributed by atoms with Gasteiger partial charge in [-0.15, -0.1) is 0 Å². The third kappa shape index (κ3) is 2.94. The summed E-state index contributed by atoms with van der Waals surface area (Å²) in [6.07, 6.45) is 8.62. The van der Waals surface area contributed by atoms with E-state index < -0.39 is 5.54 Å². The van der Waals surface area contributed by atoms with E-state index >= 15 is 0 Å². The summed E-state index contributed by atoms with van der Waals surface area (Å²) < 4.78 is 0. The normalized spacial score (nSPS) is 23.4. The van der Waals surface area contributed by atoms with Crippen LogP contribution in [0.1, 0.15) is 51.4 Å². The summed E-state index contributed by atoms with van der Waals surface area (Å²) in [6.45, 7) is 1.72. The van der Waals surface area contributed by atoms with E-state index in [0.29, 0.717) is 4.99 Å². The molecule has 0 radical (unpaired) electrons. The quantitative estimate of drug-likeness (QED) is 0.755. The average molecular weight is 269 g/mol. The number of nitrogens with two attached hydrogens (primary N) is 1. The van der Waals surface area contributed by atoms with Gasteiger partial charge in [-0.1, -0.05) is 31.5 Å². The Labute approximate surface area is 114 Å². The van der Waals surface area contributed by atoms with Crippen LogP contribution in [0.15, 0.2) is 0 Å². The summed E-state index contributed by atoms with van der Waals surface area (Å²) in [5.41, 5.74) is 5.45. The zero-order chi connectivity index (χ0) is 13.0. The highest BCUT2D eigenvalue weighted by atomic mass is 32.1. The fourth-order valence-corrected chi connectivity index (χ4v) is 3.22. The topological polar surface area (TPSA) is 58.4 Å². The van der Waals surface area contributed by atoms with Crippen LogP contribution in [0.4, 0.5) is 4.79 Å². The van der Waals surface area contributed by atoms with E-state index in [0.717, 1.165) is 51.6 Å². The molecule has 1 heterocycles. The van der Waals surface area contributed by atoms with E-state index in [1.807, 2.05) is 4.90 Å². The molecule has 0 unspecified atom stereocenters. The Bertz CT molecular complexity index is 320. The first-order chi connectivity index (χ1) is 8.64. The summed E-state index contributed by atoms with van der Waals surface area (Å²) in [5.74, 6) is 0. The zero-order valence-corrected chi connectivity index (χ0v) is 11.7. The number of nitrogens with zero attached hydrogens (tertiary/aromatic N) is 1. The average Bonchev–Trinajstić information content (AvgIpc) is 2.40. The predicted molar refractivity (Wildman–Crippen MR) is 76.6 cm³/mol. The van der Waals surface area contributed by atoms with Gasteiger partial charge >= 0.3 is 6.03 Å². The van der Waals surface area contributed by atoms with Crippen molar-refractivity contribution in [2.75, 3.05) is 13.1 Å². The second-order valence-electron chi connectivity index (χ2n) is 5.48. The summed E-state index contributed by atoms with van der Waals surface area (Å²) in [7, 11) is 0. The maximum atomic E-state index is 12.3. The van der Waals surface area contributed by atoms with Gasteiger partial charge in [-0.3, -0.25) is 0 Å². The summed E-state index contributed by atoms with van der Waals surface area (Å²) >= 11 is 5.19. The van der Waals surface area contributed by atoms with E-state index in [1.54, 1.807) is 0 Å². The van der Waals surface area contributed by atoms with Gasteiger partial charge in [0.05, 0.1) is 10.5 Å². The van der Waals surface area contributed by atoms with Crippen molar-refractivity contribution in [2.24, 2.45) is 5.73 Å². The summed E-state index contributed by atoms with van der Waals surface area (Å²) in [6, 6.07) is 0.0180. The van der Waals surface area contributed by atoms with E-state index in [1.165, 1.54) is 12.8 Å². The van der Waals surface area contributed by atoms with Gasteiger partial charge in [-0.2, -0.15) is 0 Å². The van der Waals surface area contributed by atoms with Crippen LogP contribution in [-0.4, -0.2) is 34.5 Å². The van der Waals surface area contributed by atoms with Gasteiger partial charge in [0.1, 0.15) is 0 Å². The molecule has 1 saturated carbocycles. The minimum absolute atomic E-state index is 0.0180. The molecule has 1 aliphatic carbocycles. The van der Waals surface area contributed by atoms with Crippen molar-refractivity contribution < 1.29 is 4.79 Å². The largest absolute Gasteiger partial charge is 0.391 e. The molecule has 5 heteroatoms. The number of nitrogens with one attached hydrogen (secondary N) is 1. The highest BCUT2D eigenvalue weighted by Crippen LogP contribution is 2.29. The SMILES string of the molecule is NC(=S)C1(NC(=O)N2CCCCC2)CCCCC1. The first-order valence-corrected chi connectivity index (χ1v) is 7.42. The first kappa shape index (κ1) is 13.6. The number of carbonyl (C=O) groups is 1. The summed E-state index contributed by atoms with van der Waals surface area (Å²) in [5, 5.41) is 3.12. The van der Waals surface area contributed by atoms with Gasteiger partial charge in [-0.25, -0.2) is 4.79 Å². The van der Waals surface area contributed by atoms with Gasteiger partial charge in [0.25, 0.3) is 0 Å². The molecule has 2 fully saturated rings. The van der Waals surface area contributed by atoms with Crippen molar-refractivity contribution in [3.05, 3.63) is 0 Å². The maximum Gasteiger partial charge on any atom is 0.318 e.